The van der Waals surface area contributed by atoms with Crippen molar-refractivity contribution in [1.82, 2.24) is 20.6 Å². The SMILES string of the molecule is Cc1cnc(CCNC2=NCCCCN2)cn1. The van der Waals surface area contributed by atoms with Gasteiger partial charge in [0, 0.05) is 38.4 Å². The standard InChI is InChI=1S/C12H19N5/c1-10-8-17-11(9-16-10)4-7-15-12-13-5-2-3-6-14-12/h8-9H,2-7H2,1H3,(H2,13,14,15). The maximum atomic E-state index is 4.43. The number of aryl methyl sites for hydroxylation is 1. The number of nitrogens with one attached hydrogen (secondary N) is 2. The lowest BCUT2D eigenvalue weighted by molar-refractivity contribution is 0.739. The number of aliphatic imine (C=N–C) groups is 1. The van der Waals surface area contributed by atoms with Gasteiger partial charge in [0.25, 0.3) is 0 Å². The highest BCUT2D eigenvalue weighted by atomic mass is 15.2. The van der Waals surface area contributed by atoms with Crippen LogP contribution in [0, 0.1) is 6.92 Å². The number of aromatic nitrogens is 2. The molecule has 0 aliphatic carbocycles. The molecule has 0 fully saturated rings. The summed E-state index contributed by atoms with van der Waals surface area (Å²) in [4.78, 5) is 13.0. The Kier molecular flexibility index (Phi) is 4.30. The van der Waals surface area contributed by atoms with E-state index in [1.165, 1.54) is 12.8 Å². The zero-order valence-corrected chi connectivity index (χ0v) is 10.2. The molecule has 17 heavy (non-hydrogen) atoms. The van der Waals surface area contributed by atoms with Gasteiger partial charge in [-0.15, -0.1) is 0 Å². The number of rotatable bonds is 3. The minimum atomic E-state index is 0.837. The fraction of sp³-hybridized carbons (Fsp3) is 0.583. The highest BCUT2D eigenvalue weighted by molar-refractivity contribution is 5.79. The lowest BCUT2D eigenvalue weighted by Crippen LogP contribution is -2.38. The van der Waals surface area contributed by atoms with Gasteiger partial charge in [-0.1, -0.05) is 0 Å². The molecule has 5 nitrogen and oxygen atoms in total. The molecule has 1 aromatic heterocycles. The van der Waals surface area contributed by atoms with E-state index >= 15 is 0 Å². The highest BCUT2D eigenvalue weighted by Gasteiger charge is 2.02. The molecule has 0 spiro atoms. The van der Waals surface area contributed by atoms with Gasteiger partial charge in [0.1, 0.15) is 0 Å². The molecule has 0 bridgehead atoms. The Morgan fingerprint density at radius 1 is 1.29 bits per heavy atom. The van der Waals surface area contributed by atoms with Gasteiger partial charge in [-0.05, 0) is 19.8 Å². The molecule has 2 rings (SSSR count). The van der Waals surface area contributed by atoms with Gasteiger partial charge >= 0.3 is 0 Å². The van der Waals surface area contributed by atoms with Crippen molar-refractivity contribution in [2.45, 2.75) is 26.2 Å². The predicted molar refractivity (Wildman–Crippen MR) is 68.0 cm³/mol. The number of hydrogen-bond acceptors (Lipinski definition) is 5. The van der Waals surface area contributed by atoms with Crippen molar-refractivity contribution in [3.63, 3.8) is 0 Å². The van der Waals surface area contributed by atoms with Crippen LogP contribution in [0.2, 0.25) is 0 Å². The van der Waals surface area contributed by atoms with E-state index in [4.69, 9.17) is 0 Å². The van der Waals surface area contributed by atoms with Crippen LogP contribution in [0.3, 0.4) is 0 Å². The number of guanidine groups is 1. The fourth-order valence-corrected chi connectivity index (χ4v) is 1.67. The topological polar surface area (TPSA) is 62.2 Å². The van der Waals surface area contributed by atoms with Crippen LogP contribution in [0.5, 0.6) is 0 Å². The maximum absolute atomic E-state index is 4.43. The van der Waals surface area contributed by atoms with Crippen LogP contribution >= 0.6 is 0 Å². The molecule has 2 heterocycles. The summed E-state index contributed by atoms with van der Waals surface area (Å²) in [5.41, 5.74) is 1.97. The molecular formula is C12H19N5. The van der Waals surface area contributed by atoms with Crippen LogP contribution in [0.1, 0.15) is 24.2 Å². The molecule has 0 amide bonds. The zero-order valence-electron chi connectivity index (χ0n) is 10.2. The van der Waals surface area contributed by atoms with E-state index in [1.54, 1.807) is 6.20 Å². The van der Waals surface area contributed by atoms with Gasteiger partial charge < -0.3 is 10.6 Å². The molecule has 0 aromatic carbocycles. The van der Waals surface area contributed by atoms with E-state index in [2.05, 4.69) is 25.6 Å². The van der Waals surface area contributed by atoms with Crippen molar-refractivity contribution < 1.29 is 0 Å². The summed E-state index contributed by atoms with van der Waals surface area (Å²) in [6.45, 7) is 4.71. The summed E-state index contributed by atoms with van der Waals surface area (Å²) >= 11 is 0. The van der Waals surface area contributed by atoms with Crippen LogP contribution in [-0.4, -0.2) is 35.6 Å². The van der Waals surface area contributed by atoms with Gasteiger partial charge in [0.05, 0.1) is 11.4 Å². The fourth-order valence-electron chi connectivity index (χ4n) is 1.67. The molecule has 0 saturated heterocycles. The Labute approximate surface area is 102 Å². The monoisotopic (exact) mass is 233 g/mol. The Balaban J connectivity index is 1.75. The molecule has 5 heteroatoms. The van der Waals surface area contributed by atoms with Crippen molar-refractivity contribution in [1.29, 1.82) is 0 Å². The van der Waals surface area contributed by atoms with Gasteiger partial charge in [0.15, 0.2) is 5.96 Å². The summed E-state index contributed by atoms with van der Waals surface area (Å²) < 4.78 is 0. The molecule has 0 atom stereocenters. The van der Waals surface area contributed by atoms with Crippen LogP contribution < -0.4 is 10.6 Å². The normalized spacial score (nSPS) is 15.7. The van der Waals surface area contributed by atoms with E-state index in [0.717, 1.165) is 43.4 Å². The summed E-state index contributed by atoms with van der Waals surface area (Å²) in [5.74, 6) is 0.919. The largest absolute Gasteiger partial charge is 0.356 e. The van der Waals surface area contributed by atoms with Crippen LogP contribution in [-0.2, 0) is 6.42 Å². The Hall–Kier alpha value is -1.65. The Morgan fingerprint density at radius 3 is 3.06 bits per heavy atom. The van der Waals surface area contributed by atoms with Crippen molar-refractivity contribution in [2.24, 2.45) is 4.99 Å². The first-order valence-corrected chi connectivity index (χ1v) is 6.14. The van der Waals surface area contributed by atoms with Crippen LogP contribution in [0.25, 0.3) is 0 Å². The number of nitrogens with zero attached hydrogens (tertiary/aromatic N) is 3. The van der Waals surface area contributed by atoms with Crippen molar-refractivity contribution in [2.75, 3.05) is 19.6 Å². The van der Waals surface area contributed by atoms with Gasteiger partial charge in [0.2, 0.25) is 0 Å². The molecule has 92 valence electrons. The van der Waals surface area contributed by atoms with Gasteiger partial charge in [-0.3, -0.25) is 15.0 Å². The predicted octanol–water partition coefficient (Wildman–Crippen LogP) is 0.657. The summed E-state index contributed by atoms with van der Waals surface area (Å²) in [5, 5.41) is 6.58. The van der Waals surface area contributed by atoms with E-state index in [9.17, 15) is 0 Å². The first-order valence-electron chi connectivity index (χ1n) is 6.14. The van der Waals surface area contributed by atoms with E-state index in [1.807, 2.05) is 13.1 Å². The van der Waals surface area contributed by atoms with E-state index < -0.39 is 0 Å². The van der Waals surface area contributed by atoms with E-state index in [0.29, 0.717) is 0 Å². The average molecular weight is 233 g/mol. The van der Waals surface area contributed by atoms with Crippen molar-refractivity contribution >= 4 is 5.96 Å². The minimum absolute atomic E-state index is 0.837. The second-order valence-corrected chi connectivity index (χ2v) is 4.19. The molecule has 2 N–H and O–H groups in total. The lowest BCUT2D eigenvalue weighted by Gasteiger charge is -2.09. The minimum Gasteiger partial charge on any atom is -0.356 e. The molecule has 0 radical (unpaired) electrons. The molecular weight excluding hydrogens is 214 g/mol. The number of hydrogen-bond donors (Lipinski definition) is 2. The van der Waals surface area contributed by atoms with Crippen LogP contribution in [0.15, 0.2) is 17.4 Å². The quantitative estimate of drug-likeness (QED) is 0.805. The molecule has 1 aliphatic heterocycles. The summed E-state index contributed by atoms with van der Waals surface area (Å²) in [6.07, 6.45) is 6.86. The molecule has 0 saturated carbocycles. The highest BCUT2D eigenvalue weighted by Crippen LogP contribution is 1.95. The second kappa shape index (κ2) is 6.18. The third-order valence-electron chi connectivity index (χ3n) is 2.66. The van der Waals surface area contributed by atoms with Gasteiger partial charge in [-0.25, -0.2) is 0 Å². The Bertz CT molecular complexity index is 371. The average Bonchev–Trinajstić information content (AvgIpc) is 2.60. The third-order valence-corrected chi connectivity index (χ3v) is 2.66. The van der Waals surface area contributed by atoms with Crippen molar-refractivity contribution in [3.05, 3.63) is 23.8 Å². The van der Waals surface area contributed by atoms with Gasteiger partial charge in [-0.2, -0.15) is 0 Å². The first kappa shape index (κ1) is 11.8. The smallest absolute Gasteiger partial charge is 0.191 e. The maximum Gasteiger partial charge on any atom is 0.191 e. The van der Waals surface area contributed by atoms with E-state index in [-0.39, 0.29) is 0 Å². The Morgan fingerprint density at radius 2 is 2.24 bits per heavy atom. The molecule has 1 aromatic rings. The molecule has 0 unspecified atom stereocenters. The summed E-state index contributed by atoms with van der Waals surface area (Å²) in [7, 11) is 0. The second-order valence-electron chi connectivity index (χ2n) is 4.19. The lowest BCUT2D eigenvalue weighted by atomic mass is 10.3. The van der Waals surface area contributed by atoms with Crippen LogP contribution in [0.4, 0.5) is 0 Å². The van der Waals surface area contributed by atoms with Crippen molar-refractivity contribution in [3.8, 4) is 0 Å². The zero-order chi connectivity index (χ0) is 11.9. The third kappa shape index (κ3) is 4.01. The summed E-state index contributed by atoms with van der Waals surface area (Å²) in [6, 6.07) is 0. The molecule has 1 aliphatic rings. The first-order chi connectivity index (χ1) is 8.34.